The van der Waals surface area contributed by atoms with Crippen LogP contribution in [0.5, 0.6) is 11.5 Å². The predicted octanol–water partition coefficient (Wildman–Crippen LogP) is 15.4. The van der Waals surface area contributed by atoms with E-state index in [4.69, 9.17) is 19.5 Å². The SMILES string of the molecule is C=Cc1ccc(-c2cc(OC)cc(-c3ccc(C=C)cc3)c2N=C2C(=Nc3c(-c4ccc(C=C)cc4)cc(OC)cc3-c3ccc(C=C)cc3)c3cccc4cccc2c34)cc1. The molecule has 0 aliphatic heterocycles. The Morgan fingerprint density at radius 1 is 0.371 bits per heavy atom. The Hall–Kier alpha value is -8.08. The molecule has 8 aromatic rings. The summed E-state index contributed by atoms with van der Waals surface area (Å²) in [4.78, 5) is 11.6. The first kappa shape index (κ1) is 39.4. The van der Waals surface area contributed by atoms with E-state index in [2.05, 4.69) is 184 Å². The molecule has 0 heterocycles. The van der Waals surface area contributed by atoms with Crippen molar-refractivity contribution in [2.24, 2.45) is 9.98 Å². The molecule has 0 amide bonds. The lowest BCUT2D eigenvalue weighted by Gasteiger charge is -2.18. The molecule has 298 valence electrons. The molecule has 0 saturated heterocycles. The molecule has 0 atom stereocenters. The highest BCUT2D eigenvalue weighted by molar-refractivity contribution is 6.61. The minimum Gasteiger partial charge on any atom is -0.497 e. The van der Waals surface area contributed by atoms with Gasteiger partial charge in [0.2, 0.25) is 0 Å². The maximum atomic E-state index is 5.98. The first-order valence-corrected chi connectivity index (χ1v) is 20.5. The van der Waals surface area contributed by atoms with Gasteiger partial charge in [-0.15, -0.1) is 0 Å². The van der Waals surface area contributed by atoms with Crippen LogP contribution in [0.25, 0.3) is 79.6 Å². The van der Waals surface area contributed by atoms with Gasteiger partial charge in [-0.1, -0.05) is 184 Å². The fourth-order valence-corrected chi connectivity index (χ4v) is 8.21. The first-order chi connectivity index (χ1) is 30.4. The normalized spacial score (nSPS) is 13.0. The van der Waals surface area contributed by atoms with Crippen LogP contribution in [-0.4, -0.2) is 25.6 Å². The number of benzene rings is 8. The van der Waals surface area contributed by atoms with Crippen molar-refractivity contribution in [2.75, 3.05) is 14.2 Å². The summed E-state index contributed by atoms with van der Waals surface area (Å²) in [5.74, 6) is 1.45. The molecule has 0 bridgehead atoms. The molecule has 0 radical (unpaired) electrons. The van der Waals surface area contributed by atoms with E-state index in [-0.39, 0.29) is 0 Å². The van der Waals surface area contributed by atoms with Crippen LogP contribution in [-0.2, 0) is 0 Å². The van der Waals surface area contributed by atoms with Crippen LogP contribution in [0.3, 0.4) is 0 Å². The van der Waals surface area contributed by atoms with Gasteiger partial charge in [-0.3, -0.25) is 0 Å². The summed E-state index contributed by atoms with van der Waals surface area (Å²) in [6, 6.07) is 54.6. The Morgan fingerprint density at radius 2 is 0.661 bits per heavy atom. The van der Waals surface area contributed by atoms with E-state index in [1.165, 1.54) is 0 Å². The second-order valence-corrected chi connectivity index (χ2v) is 15.1. The van der Waals surface area contributed by atoms with E-state index >= 15 is 0 Å². The summed E-state index contributed by atoms with van der Waals surface area (Å²) >= 11 is 0. The average molecular weight is 801 g/mol. The molecule has 0 saturated carbocycles. The lowest BCUT2D eigenvalue weighted by Crippen LogP contribution is -2.11. The van der Waals surface area contributed by atoms with Crippen LogP contribution in [0.15, 0.2) is 194 Å². The molecule has 0 aromatic heterocycles. The maximum absolute atomic E-state index is 5.98. The smallest absolute Gasteiger partial charge is 0.120 e. The van der Waals surface area contributed by atoms with Gasteiger partial charge >= 0.3 is 0 Å². The molecule has 8 aromatic carbocycles. The summed E-state index contributed by atoms with van der Waals surface area (Å²) in [7, 11) is 3.41. The molecule has 1 aliphatic carbocycles. The Labute approximate surface area is 363 Å². The molecule has 4 nitrogen and oxygen atoms in total. The standard InChI is InChI=1S/C58H44N2O2/c1-7-37-17-25-41(26-18-37)50-33-46(61-5)34-51(42-27-19-38(8-2)20-28-42)55(50)59-57-48-15-11-13-45-14-12-16-49(54(45)48)58(57)60-56-52(43-29-21-39(9-3)22-30-43)35-47(62-6)36-53(56)44-31-23-40(10-4)24-32-44/h7-36H,1-4H2,5-6H3. The molecule has 1 aliphatic rings. The van der Waals surface area contributed by atoms with Crippen LogP contribution in [0.2, 0.25) is 0 Å². The predicted molar refractivity (Wildman–Crippen MR) is 264 cm³/mol. The van der Waals surface area contributed by atoms with Crippen molar-refractivity contribution < 1.29 is 9.47 Å². The fraction of sp³-hybridized carbons (Fsp3) is 0.0345. The van der Waals surface area contributed by atoms with Crippen molar-refractivity contribution in [3.05, 3.63) is 217 Å². The van der Waals surface area contributed by atoms with E-state index in [0.717, 1.165) is 123 Å². The fourth-order valence-electron chi connectivity index (χ4n) is 8.21. The van der Waals surface area contributed by atoms with Crippen LogP contribution >= 0.6 is 0 Å². The van der Waals surface area contributed by atoms with Crippen molar-refractivity contribution in [3.8, 4) is 56.0 Å². The molecule has 0 unspecified atom stereocenters. The third-order valence-electron chi connectivity index (χ3n) is 11.6. The van der Waals surface area contributed by atoms with Gasteiger partial charge < -0.3 is 9.47 Å². The Balaban J connectivity index is 1.39. The number of ether oxygens (including phenoxy) is 2. The average Bonchev–Trinajstić information content (AvgIpc) is 3.63. The largest absolute Gasteiger partial charge is 0.497 e. The van der Waals surface area contributed by atoms with Crippen LogP contribution in [0, 0.1) is 0 Å². The highest BCUT2D eigenvalue weighted by Crippen LogP contribution is 2.47. The summed E-state index contributed by atoms with van der Waals surface area (Å²) < 4.78 is 12.0. The van der Waals surface area contributed by atoms with Crippen LogP contribution in [0.4, 0.5) is 11.4 Å². The molecular formula is C58H44N2O2. The lowest BCUT2D eigenvalue weighted by molar-refractivity contribution is 0.415. The quantitative estimate of drug-likeness (QED) is 0.124. The van der Waals surface area contributed by atoms with Gasteiger partial charge in [0.05, 0.1) is 37.0 Å². The summed E-state index contributed by atoms with van der Waals surface area (Å²) in [6.45, 7) is 16.0. The van der Waals surface area contributed by atoms with Gasteiger partial charge in [0.25, 0.3) is 0 Å². The number of rotatable bonds is 12. The van der Waals surface area contributed by atoms with Crippen molar-refractivity contribution >= 4 is 57.9 Å². The number of hydrogen-bond acceptors (Lipinski definition) is 4. The van der Waals surface area contributed by atoms with E-state index in [1.807, 2.05) is 24.3 Å². The van der Waals surface area contributed by atoms with Gasteiger partial charge in [0.15, 0.2) is 0 Å². The summed E-state index contributed by atoms with van der Waals surface area (Å²) in [5.41, 5.74) is 17.0. The van der Waals surface area contributed by atoms with Crippen LogP contribution in [0.1, 0.15) is 33.4 Å². The monoisotopic (exact) mass is 800 g/mol. The van der Waals surface area contributed by atoms with Gasteiger partial charge in [-0.05, 0) is 74.2 Å². The van der Waals surface area contributed by atoms with Crippen molar-refractivity contribution in [3.63, 3.8) is 0 Å². The number of nitrogens with zero attached hydrogens (tertiary/aromatic N) is 2. The van der Waals surface area contributed by atoms with E-state index in [1.54, 1.807) is 14.2 Å². The van der Waals surface area contributed by atoms with E-state index in [9.17, 15) is 0 Å². The Morgan fingerprint density at radius 3 is 0.919 bits per heavy atom. The zero-order valence-corrected chi connectivity index (χ0v) is 34.9. The topological polar surface area (TPSA) is 43.2 Å². The molecule has 4 heteroatoms. The number of methoxy groups -OCH3 is 2. The van der Waals surface area contributed by atoms with E-state index in [0.29, 0.717) is 0 Å². The van der Waals surface area contributed by atoms with Crippen molar-refractivity contribution in [1.29, 1.82) is 0 Å². The maximum Gasteiger partial charge on any atom is 0.120 e. The zero-order chi connectivity index (χ0) is 42.7. The van der Waals surface area contributed by atoms with E-state index < -0.39 is 0 Å². The molecule has 0 fully saturated rings. The first-order valence-electron chi connectivity index (χ1n) is 20.5. The third-order valence-corrected chi connectivity index (χ3v) is 11.6. The van der Waals surface area contributed by atoms with Gasteiger partial charge in [-0.25, -0.2) is 9.98 Å². The molecule has 9 rings (SSSR count). The second kappa shape index (κ2) is 16.9. The number of hydrogen-bond donors (Lipinski definition) is 0. The third kappa shape index (κ3) is 7.29. The molecule has 62 heavy (non-hydrogen) atoms. The lowest BCUT2D eigenvalue weighted by atomic mass is 9.93. The molecular weight excluding hydrogens is 757 g/mol. The minimum absolute atomic E-state index is 0.725. The van der Waals surface area contributed by atoms with Gasteiger partial charge in [0, 0.05) is 38.8 Å². The van der Waals surface area contributed by atoms with Crippen LogP contribution < -0.4 is 9.47 Å². The summed E-state index contributed by atoms with van der Waals surface area (Å²) in [6.07, 6.45) is 7.41. The van der Waals surface area contributed by atoms with Gasteiger partial charge in [-0.2, -0.15) is 0 Å². The second-order valence-electron chi connectivity index (χ2n) is 15.1. The molecule has 0 spiro atoms. The minimum atomic E-state index is 0.725. The zero-order valence-electron chi connectivity index (χ0n) is 34.9. The Kier molecular flexibility index (Phi) is 10.7. The molecule has 0 N–H and O–H groups in total. The van der Waals surface area contributed by atoms with Crippen molar-refractivity contribution in [1.82, 2.24) is 0 Å². The highest BCUT2D eigenvalue weighted by Gasteiger charge is 2.30. The number of aliphatic imine (C=N–C) groups is 2. The van der Waals surface area contributed by atoms with Gasteiger partial charge in [0.1, 0.15) is 11.5 Å². The highest BCUT2D eigenvalue weighted by atomic mass is 16.5. The van der Waals surface area contributed by atoms with Crippen molar-refractivity contribution in [2.45, 2.75) is 0 Å². The summed E-state index contributed by atoms with van der Waals surface area (Å²) in [5, 5.41) is 2.22. The Bertz CT molecular complexity index is 2760.